The zero-order valence-electron chi connectivity index (χ0n) is 6.68. The Hall–Kier alpha value is -0.0800. The number of hydrogen-bond donors (Lipinski definition) is 1. The summed E-state index contributed by atoms with van der Waals surface area (Å²) in [6.45, 7) is 6.00. The van der Waals surface area contributed by atoms with Gasteiger partial charge in [-0.05, 0) is 12.8 Å². The van der Waals surface area contributed by atoms with Crippen LogP contribution in [-0.2, 0) is 4.74 Å². The van der Waals surface area contributed by atoms with E-state index in [4.69, 9.17) is 9.84 Å². The highest BCUT2D eigenvalue weighted by Gasteiger charge is 1.94. The molecule has 1 aliphatic rings. The molecule has 0 aliphatic carbocycles. The van der Waals surface area contributed by atoms with Crippen LogP contribution in [0.2, 0.25) is 0 Å². The van der Waals surface area contributed by atoms with Gasteiger partial charge in [0.15, 0.2) is 0 Å². The minimum Gasteiger partial charge on any atom is -0.400 e. The normalized spacial score (nSPS) is 14.7. The standard InChI is InChI=1S/C4H8O.C2H6.CH4O/c1-2-4-5-3-1;2*1-2/h1-4H2;1-2H3;2H,1H3. The maximum Gasteiger partial charge on any atom is 0.0466 e. The van der Waals surface area contributed by atoms with Gasteiger partial charge in [-0.1, -0.05) is 13.8 Å². The fourth-order valence-corrected chi connectivity index (χ4v) is 0.510. The van der Waals surface area contributed by atoms with E-state index < -0.39 is 0 Å². The van der Waals surface area contributed by atoms with Crippen molar-refractivity contribution in [2.45, 2.75) is 26.7 Å². The summed E-state index contributed by atoms with van der Waals surface area (Å²) in [6.07, 6.45) is 2.56. The van der Waals surface area contributed by atoms with Crippen LogP contribution in [0.15, 0.2) is 0 Å². The highest BCUT2D eigenvalue weighted by Crippen LogP contribution is 1.98. The second kappa shape index (κ2) is 15.7. The van der Waals surface area contributed by atoms with Crippen LogP contribution in [0.4, 0.5) is 0 Å². The summed E-state index contributed by atoms with van der Waals surface area (Å²) >= 11 is 0. The first-order valence-corrected chi connectivity index (χ1v) is 3.52. The molecule has 0 aromatic carbocycles. The quantitative estimate of drug-likeness (QED) is 0.543. The van der Waals surface area contributed by atoms with E-state index in [1.807, 2.05) is 13.8 Å². The molecule has 0 amide bonds. The van der Waals surface area contributed by atoms with Gasteiger partial charge in [0, 0.05) is 20.3 Å². The Morgan fingerprint density at radius 2 is 1.33 bits per heavy atom. The molecule has 0 bridgehead atoms. The average Bonchev–Trinajstić information content (AvgIpc) is 2.51. The van der Waals surface area contributed by atoms with Crippen molar-refractivity contribution in [2.75, 3.05) is 20.3 Å². The van der Waals surface area contributed by atoms with Gasteiger partial charge in [-0.25, -0.2) is 0 Å². The van der Waals surface area contributed by atoms with Gasteiger partial charge in [0.25, 0.3) is 0 Å². The maximum atomic E-state index is 7.00. The van der Waals surface area contributed by atoms with Crippen molar-refractivity contribution in [1.29, 1.82) is 0 Å². The average molecular weight is 134 g/mol. The van der Waals surface area contributed by atoms with Crippen molar-refractivity contribution in [3.05, 3.63) is 0 Å². The van der Waals surface area contributed by atoms with E-state index in [0.717, 1.165) is 20.3 Å². The summed E-state index contributed by atoms with van der Waals surface area (Å²) in [6, 6.07) is 0. The van der Waals surface area contributed by atoms with Crippen LogP contribution in [0.3, 0.4) is 0 Å². The second-order valence-corrected chi connectivity index (χ2v) is 1.32. The van der Waals surface area contributed by atoms with Gasteiger partial charge >= 0.3 is 0 Å². The molecule has 9 heavy (non-hydrogen) atoms. The highest BCUT2D eigenvalue weighted by atomic mass is 16.5. The fraction of sp³-hybridized carbons (Fsp3) is 1.00. The van der Waals surface area contributed by atoms with E-state index in [1.165, 1.54) is 12.8 Å². The molecule has 0 saturated carbocycles. The number of hydrogen-bond acceptors (Lipinski definition) is 2. The SMILES string of the molecule is C1CCOC1.CC.CO. The second-order valence-electron chi connectivity index (χ2n) is 1.32. The third-order valence-corrected chi connectivity index (χ3v) is 0.827. The first kappa shape index (κ1) is 11.7. The lowest BCUT2D eigenvalue weighted by Gasteiger charge is -1.76. The first-order chi connectivity index (χ1) is 4.50. The minimum atomic E-state index is 1.00. The van der Waals surface area contributed by atoms with Crippen molar-refractivity contribution in [2.24, 2.45) is 0 Å². The van der Waals surface area contributed by atoms with Crippen LogP contribution in [-0.4, -0.2) is 25.4 Å². The topological polar surface area (TPSA) is 29.5 Å². The molecule has 0 radical (unpaired) electrons. The van der Waals surface area contributed by atoms with Crippen molar-refractivity contribution in [3.63, 3.8) is 0 Å². The Morgan fingerprint density at radius 3 is 1.44 bits per heavy atom. The molecular weight excluding hydrogens is 116 g/mol. The van der Waals surface area contributed by atoms with E-state index in [9.17, 15) is 0 Å². The molecule has 0 atom stereocenters. The lowest BCUT2D eigenvalue weighted by atomic mass is 10.4. The number of ether oxygens (including phenoxy) is 1. The van der Waals surface area contributed by atoms with Crippen LogP contribution >= 0.6 is 0 Å². The molecular formula is C7H18O2. The zero-order valence-corrected chi connectivity index (χ0v) is 6.68. The molecule has 2 heteroatoms. The van der Waals surface area contributed by atoms with Crippen molar-refractivity contribution in [1.82, 2.24) is 0 Å². The van der Waals surface area contributed by atoms with E-state index in [2.05, 4.69) is 0 Å². The van der Waals surface area contributed by atoms with E-state index >= 15 is 0 Å². The Bertz CT molecular complexity index is 18.5. The van der Waals surface area contributed by atoms with Crippen LogP contribution in [0, 0.1) is 0 Å². The number of rotatable bonds is 0. The third-order valence-electron chi connectivity index (χ3n) is 0.827. The largest absolute Gasteiger partial charge is 0.400 e. The fourth-order valence-electron chi connectivity index (χ4n) is 0.510. The van der Waals surface area contributed by atoms with Gasteiger partial charge in [-0.2, -0.15) is 0 Å². The summed E-state index contributed by atoms with van der Waals surface area (Å²) in [7, 11) is 1.00. The molecule has 1 rings (SSSR count). The van der Waals surface area contributed by atoms with Gasteiger partial charge < -0.3 is 9.84 Å². The van der Waals surface area contributed by atoms with Crippen LogP contribution < -0.4 is 0 Å². The summed E-state index contributed by atoms with van der Waals surface area (Å²) < 4.78 is 4.94. The molecule has 0 aromatic heterocycles. The van der Waals surface area contributed by atoms with Crippen LogP contribution in [0.5, 0.6) is 0 Å². The molecule has 2 nitrogen and oxygen atoms in total. The summed E-state index contributed by atoms with van der Waals surface area (Å²) in [4.78, 5) is 0. The summed E-state index contributed by atoms with van der Waals surface area (Å²) in [5.74, 6) is 0. The van der Waals surface area contributed by atoms with Crippen molar-refractivity contribution >= 4 is 0 Å². The monoisotopic (exact) mass is 134 g/mol. The van der Waals surface area contributed by atoms with Crippen molar-refractivity contribution < 1.29 is 9.84 Å². The zero-order chi connectivity index (χ0) is 7.54. The van der Waals surface area contributed by atoms with Gasteiger partial charge in [0.2, 0.25) is 0 Å². The first-order valence-electron chi connectivity index (χ1n) is 3.52. The molecule has 1 heterocycles. The number of aliphatic hydroxyl groups is 1. The summed E-state index contributed by atoms with van der Waals surface area (Å²) in [5, 5.41) is 7.00. The van der Waals surface area contributed by atoms with E-state index in [-0.39, 0.29) is 0 Å². The molecule has 0 spiro atoms. The molecule has 1 fully saturated rings. The van der Waals surface area contributed by atoms with Gasteiger partial charge in [-0.3, -0.25) is 0 Å². The van der Waals surface area contributed by atoms with Crippen LogP contribution in [0.25, 0.3) is 0 Å². The lowest BCUT2D eigenvalue weighted by molar-refractivity contribution is 0.198. The molecule has 58 valence electrons. The number of aliphatic hydroxyl groups excluding tert-OH is 1. The Balaban J connectivity index is 0. The van der Waals surface area contributed by atoms with Gasteiger partial charge in [-0.15, -0.1) is 0 Å². The predicted molar refractivity (Wildman–Crippen MR) is 39.5 cm³/mol. The van der Waals surface area contributed by atoms with Gasteiger partial charge in [0.05, 0.1) is 0 Å². The predicted octanol–water partition coefficient (Wildman–Crippen LogP) is 1.43. The molecule has 1 saturated heterocycles. The molecule has 0 aromatic rings. The molecule has 1 aliphatic heterocycles. The van der Waals surface area contributed by atoms with E-state index in [0.29, 0.717) is 0 Å². The maximum absolute atomic E-state index is 7.00. The Morgan fingerprint density at radius 1 is 1.00 bits per heavy atom. The van der Waals surface area contributed by atoms with Crippen LogP contribution in [0.1, 0.15) is 26.7 Å². The molecule has 1 N–H and O–H groups in total. The van der Waals surface area contributed by atoms with Crippen molar-refractivity contribution in [3.8, 4) is 0 Å². The Kier molecular flexibility index (Phi) is 20.3. The summed E-state index contributed by atoms with van der Waals surface area (Å²) in [5.41, 5.74) is 0. The molecule has 0 unspecified atom stereocenters. The Labute approximate surface area is 57.8 Å². The minimum absolute atomic E-state index is 1.00. The highest BCUT2D eigenvalue weighted by molar-refractivity contribution is 4.43. The third kappa shape index (κ3) is 11.5. The van der Waals surface area contributed by atoms with E-state index in [1.54, 1.807) is 0 Å². The smallest absolute Gasteiger partial charge is 0.0466 e. The van der Waals surface area contributed by atoms with Gasteiger partial charge in [0.1, 0.15) is 0 Å². The lowest BCUT2D eigenvalue weighted by Crippen LogP contribution is -1.74.